The highest BCUT2D eigenvalue weighted by Gasteiger charge is 2.16. The number of aryl methyl sites for hydroxylation is 1. The summed E-state index contributed by atoms with van der Waals surface area (Å²) < 4.78 is 1.92. The lowest BCUT2D eigenvalue weighted by atomic mass is 10.2. The maximum absolute atomic E-state index is 6.31. The zero-order valence-corrected chi connectivity index (χ0v) is 13.0. The van der Waals surface area contributed by atoms with Gasteiger partial charge in [-0.3, -0.25) is 4.57 Å². The predicted octanol–water partition coefficient (Wildman–Crippen LogP) is 5.38. The lowest BCUT2D eigenvalue weighted by Crippen LogP contribution is -2.01. The molecule has 1 aromatic heterocycles. The van der Waals surface area contributed by atoms with Crippen molar-refractivity contribution in [2.45, 2.75) is 12.8 Å². The minimum Gasteiger partial charge on any atom is -0.292 e. The highest BCUT2D eigenvalue weighted by atomic mass is 35.5. The van der Waals surface area contributed by atoms with Crippen molar-refractivity contribution in [2.75, 3.05) is 0 Å². The van der Waals surface area contributed by atoms with Crippen molar-refractivity contribution in [2.24, 2.45) is 0 Å². The van der Waals surface area contributed by atoms with Gasteiger partial charge in [-0.25, -0.2) is 4.98 Å². The van der Waals surface area contributed by atoms with Crippen molar-refractivity contribution in [3.05, 3.63) is 57.8 Å². The van der Waals surface area contributed by atoms with E-state index in [0.29, 0.717) is 10.0 Å². The number of hydrogen-bond donors (Lipinski definition) is 0. The molecule has 0 N–H and O–H groups in total. The molecule has 0 saturated carbocycles. The van der Waals surface area contributed by atoms with Crippen molar-refractivity contribution < 1.29 is 0 Å². The fraction of sp³-hybridized carbons (Fsp3) is 0.133. The summed E-state index contributed by atoms with van der Waals surface area (Å²) in [4.78, 5) is 4.56. The van der Waals surface area contributed by atoms with Crippen LogP contribution in [0.2, 0.25) is 10.0 Å². The van der Waals surface area contributed by atoms with Crippen LogP contribution in [0.4, 0.5) is 0 Å². The first kappa shape index (κ1) is 13.7. The van der Waals surface area contributed by atoms with Crippen molar-refractivity contribution in [3.63, 3.8) is 0 Å². The van der Waals surface area contributed by atoms with Gasteiger partial charge >= 0.3 is 0 Å². The molecule has 0 aliphatic carbocycles. The summed E-state index contributed by atoms with van der Waals surface area (Å²) >= 11 is 18.6. The second kappa shape index (κ2) is 5.28. The smallest absolute Gasteiger partial charge is 0.129 e. The third-order valence-electron chi connectivity index (χ3n) is 3.16. The SMILES string of the molecule is Cc1ccc2c(c1)nc(CCl)n2-c1c(Cl)cccc1Cl. The van der Waals surface area contributed by atoms with Crippen LogP contribution in [0.25, 0.3) is 16.7 Å². The second-order valence-corrected chi connectivity index (χ2v) is 5.64. The monoisotopic (exact) mass is 324 g/mol. The molecule has 3 rings (SSSR count). The van der Waals surface area contributed by atoms with Crippen LogP contribution in [0, 0.1) is 6.92 Å². The molecule has 0 radical (unpaired) electrons. The van der Waals surface area contributed by atoms with Gasteiger partial charge in [-0.05, 0) is 36.8 Å². The lowest BCUT2D eigenvalue weighted by Gasteiger charge is -2.11. The number of halogens is 3. The molecule has 20 heavy (non-hydrogen) atoms. The Labute approximate surface area is 131 Å². The number of fused-ring (bicyclic) bond motifs is 1. The highest BCUT2D eigenvalue weighted by Crippen LogP contribution is 2.33. The number of aromatic nitrogens is 2. The number of para-hydroxylation sites is 1. The number of hydrogen-bond acceptors (Lipinski definition) is 1. The normalized spacial score (nSPS) is 11.2. The molecule has 0 atom stereocenters. The van der Waals surface area contributed by atoms with Gasteiger partial charge in [0.15, 0.2) is 0 Å². The minimum atomic E-state index is 0.287. The third-order valence-corrected chi connectivity index (χ3v) is 4.01. The van der Waals surface area contributed by atoms with E-state index in [9.17, 15) is 0 Å². The van der Waals surface area contributed by atoms with E-state index >= 15 is 0 Å². The van der Waals surface area contributed by atoms with Gasteiger partial charge in [-0.2, -0.15) is 0 Å². The van der Waals surface area contributed by atoms with Crippen LogP contribution in [0.15, 0.2) is 36.4 Å². The number of imidazole rings is 1. The standard InChI is InChI=1S/C15H11Cl3N2/c1-9-5-6-13-12(7-9)19-14(8-16)20(13)15-10(17)3-2-4-11(15)18/h2-7H,8H2,1H3. The Morgan fingerprint density at radius 1 is 1.10 bits per heavy atom. The molecule has 0 spiro atoms. The van der Waals surface area contributed by atoms with Crippen LogP contribution < -0.4 is 0 Å². The largest absolute Gasteiger partial charge is 0.292 e. The Morgan fingerprint density at radius 2 is 1.80 bits per heavy atom. The van der Waals surface area contributed by atoms with Crippen LogP contribution in [0.3, 0.4) is 0 Å². The molecule has 0 saturated heterocycles. The zero-order chi connectivity index (χ0) is 14.3. The van der Waals surface area contributed by atoms with E-state index in [1.807, 2.05) is 35.8 Å². The van der Waals surface area contributed by atoms with Crippen LogP contribution >= 0.6 is 34.8 Å². The number of nitrogens with zero attached hydrogens (tertiary/aromatic N) is 2. The van der Waals surface area contributed by atoms with Gasteiger partial charge < -0.3 is 0 Å². The fourth-order valence-corrected chi connectivity index (χ4v) is 3.03. The van der Waals surface area contributed by atoms with Crippen molar-refractivity contribution >= 4 is 45.8 Å². The molecule has 0 aliphatic heterocycles. The Bertz CT molecular complexity index is 773. The van der Waals surface area contributed by atoms with Gasteiger partial charge in [0, 0.05) is 0 Å². The molecule has 2 aromatic carbocycles. The zero-order valence-electron chi connectivity index (χ0n) is 10.7. The molecule has 3 aromatic rings. The topological polar surface area (TPSA) is 17.8 Å². The fourth-order valence-electron chi connectivity index (χ4n) is 2.28. The molecular formula is C15H11Cl3N2. The summed E-state index contributed by atoms with van der Waals surface area (Å²) in [5.41, 5.74) is 3.70. The summed E-state index contributed by atoms with van der Waals surface area (Å²) in [6.07, 6.45) is 0. The number of benzene rings is 2. The van der Waals surface area contributed by atoms with E-state index < -0.39 is 0 Å². The molecule has 5 heteroatoms. The Morgan fingerprint density at radius 3 is 2.45 bits per heavy atom. The van der Waals surface area contributed by atoms with Gasteiger partial charge in [0.25, 0.3) is 0 Å². The first-order chi connectivity index (χ1) is 9.61. The molecule has 2 nitrogen and oxygen atoms in total. The van der Waals surface area contributed by atoms with Crippen molar-refractivity contribution in [1.82, 2.24) is 9.55 Å². The van der Waals surface area contributed by atoms with Crippen LogP contribution in [0.5, 0.6) is 0 Å². The first-order valence-electron chi connectivity index (χ1n) is 6.10. The summed E-state index contributed by atoms with van der Waals surface area (Å²) in [6, 6.07) is 11.5. The van der Waals surface area contributed by atoms with Gasteiger partial charge in [0.2, 0.25) is 0 Å². The Hall–Kier alpha value is -1.22. The molecule has 0 amide bonds. The highest BCUT2D eigenvalue weighted by molar-refractivity contribution is 6.37. The molecule has 1 heterocycles. The quantitative estimate of drug-likeness (QED) is 0.578. The van der Waals surface area contributed by atoms with Gasteiger partial charge in [-0.1, -0.05) is 35.3 Å². The van der Waals surface area contributed by atoms with E-state index in [-0.39, 0.29) is 5.88 Å². The average molecular weight is 326 g/mol. The molecular weight excluding hydrogens is 315 g/mol. The third kappa shape index (κ3) is 2.18. The predicted molar refractivity (Wildman–Crippen MR) is 85.4 cm³/mol. The summed E-state index contributed by atoms with van der Waals surface area (Å²) in [5, 5.41) is 1.15. The van der Waals surface area contributed by atoms with Gasteiger partial charge in [-0.15, -0.1) is 11.6 Å². The second-order valence-electron chi connectivity index (χ2n) is 4.56. The Balaban J connectivity index is 2.40. The first-order valence-corrected chi connectivity index (χ1v) is 7.39. The maximum Gasteiger partial charge on any atom is 0.129 e. The minimum absolute atomic E-state index is 0.287. The molecule has 0 bridgehead atoms. The van der Waals surface area contributed by atoms with Crippen LogP contribution in [-0.4, -0.2) is 9.55 Å². The molecule has 102 valence electrons. The number of alkyl halides is 1. The van der Waals surface area contributed by atoms with E-state index in [4.69, 9.17) is 34.8 Å². The van der Waals surface area contributed by atoms with E-state index in [0.717, 1.165) is 28.1 Å². The number of rotatable bonds is 2. The average Bonchev–Trinajstić information content (AvgIpc) is 2.76. The van der Waals surface area contributed by atoms with E-state index in [2.05, 4.69) is 4.98 Å². The van der Waals surface area contributed by atoms with Crippen LogP contribution in [0.1, 0.15) is 11.4 Å². The van der Waals surface area contributed by atoms with Crippen molar-refractivity contribution in [1.29, 1.82) is 0 Å². The summed E-state index contributed by atoms with van der Waals surface area (Å²) in [6.45, 7) is 2.03. The van der Waals surface area contributed by atoms with Gasteiger partial charge in [0.05, 0.1) is 32.6 Å². The van der Waals surface area contributed by atoms with Crippen LogP contribution in [-0.2, 0) is 5.88 Å². The lowest BCUT2D eigenvalue weighted by molar-refractivity contribution is 0.982. The Kier molecular flexibility index (Phi) is 3.63. The molecule has 0 unspecified atom stereocenters. The van der Waals surface area contributed by atoms with E-state index in [1.165, 1.54) is 0 Å². The molecule has 0 fully saturated rings. The van der Waals surface area contributed by atoms with E-state index in [1.54, 1.807) is 12.1 Å². The van der Waals surface area contributed by atoms with Crippen molar-refractivity contribution in [3.8, 4) is 5.69 Å². The summed E-state index contributed by atoms with van der Waals surface area (Å²) in [5.74, 6) is 1.01. The maximum atomic E-state index is 6.31. The summed E-state index contributed by atoms with van der Waals surface area (Å²) in [7, 11) is 0. The van der Waals surface area contributed by atoms with Gasteiger partial charge in [0.1, 0.15) is 5.82 Å². The molecule has 0 aliphatic rings.